The van der Waals surface area contributed by atoms with Crippen molar-refractivity contribution in [2.45, 2.75) is 31.0 Å². The van der Waals surface area contributed by atoms with E-state index in [-0.39, 0.29) is 28.6 Å². The number of anilines is 3. The minimum Gasteiger partial charge on any atom is -0.372 e. The number of fused-ring (bicyclic) bond motifs is 1. The predicted octanol–water partition coefficient (Wildman–Crippen LogP) is 4.35. The van der Waals surface area contributed by atoms with E-state index in [0.717, 1.165) is 0 Å². The van der Waals surface area contributed by atoms with E-state index in [1.807, 2.05) is 0 Å². The van der Waals surface area contributed by atoms with Crippen LogP contribution in [0.2, 0.25) is 5.15 Å². The van der Waals surface area contributed by atoms with Gasteiger partial charge in [-0.3, -0.25) is 4.68 Å². The lowest BCUT2D eigenvalue weighted by atomic mass is 10.1. The van der Waals surface area contributed by atoms with Crippen LogP contribution in [-0.4, -0.2) is 32.7 Å². The number of alkyl halides is 5. The third kappa shape index (κ3) is 3.07. The standard InChI is InChI=1S/C15H14ClF5N6/c1-22-12-9(15(19,20)21)4-23-13(25-12)24-10-5-27(26-11(10)16)6-2-7-8(3-6)14(7,17)18/h4-8H,2-3H2,1H3,(H2,22,23,24,25)/t6?,7-,8?/m1/s1. The van der Waals surface area contributed by atoms with Crippen LogP contribution in [0, 0.1) is 11.8 Å². The molecule has 2 saturated carbocycles. The normalized spacial score (nSPS) is 26.0. The fourth-order valence-corrected chi connectivity index (χ4v) is 3.79. The Morgan fingerprint density at radius 1 is 1.26 bits per heavy atom. The molecular formula is C15H14ClF5N6. The molecule has 0 amide bonds. The quantitative estimate of drug-likeness (QED) is 0.736. The molecule has 2 unspecified atom stereocenters. The highest BCUT2D eigenvalue weighted by Crippen LogP contribution is 2.66. The van der Waals surface area contributed by atoms with Gasteiger partial charge in [0.25, 0.3) is 5.92 Å². The van der Waals surface area contributed by atoms with Gasteiger partial charge in [-0.05, 0) is 12.8 Å². The highest BCUT2D eigenvalue weighted by Gasteiger charge is 2.71. The molecule has 146 valence electrons. The summed E-state index contributed by atoms with van der Waals surface area (Å²) in [5.74, 6) is -4.29. The summed E-state index contributed by atoms with van der Waals surface area (Å²) in [5, 5.41) is 9.26. The fourth-order valence-electron chi connectivity index (χ4n) is 3.60. The minimum absolute atomic E-state index is 0.0526. The summed E-state index contributed by atoms with van der Waals surface area (Å²) in [5.41, 5.74) is -0.714. The van der Waals surface area contributed by atoms with Crippen LogP contribution < -0.4 is 10.6 Å². The third-order valence-electron chi connectivity index (χ3n) is 5.06. The van der Waals surface area contributed by atoms with Crippen molar-refractivity contribution in [3.05, 3.63) is 23.1 Å². The number of hydrogen-bond donors (Lipinski definition) is 2. The number of rotatable bonds is 4. The predicted molar refractivity (Wildman–Crippen MR) is 87.3 cm³/mol. The maximum Gasteiger partial charge on any atom is 0.421 e. The van der Waals surface area contributed by atoms with Crippen LogP contribution in [0.25, 0.3) is 0 Å². The molecule has 12 heteroatoms. The second kappa shape index (κ2) is 5.91. The smallest absolute Gasteiger partial charge is 0.372 e. The van der Waals surface area contributed by atoms with Gasteiger partial charge in [0.2, 0.25) is 5.95 Å². The molecule has 2 aliphatic carbocycles. The fraction of sp³-hybridized carbons (Fsp3) is 0.533. The Morgan fingerprint density at radius 3 is 2.52 bits per heavy atom. The number of nitrogens with zero attached hydrogens (tertiary/aromatic N) is 4. The number of hydrogen-bond acceptors (Lipinski definition) is 5. The first-order valence-corrected chi connectivity index (χ1v) is 8.50. The van der Waals surface area contributed by atoms with Crippen molar-refractivity contribution in [2.24, 2.45) is 11.8 Å². The van der Waals surface area contributed by atoms with Gasteiger partial charge >= 0.3 is 6.18 Å². The average molecular weight is 409 g/mol. The summed E-state index contributed by atoms with van der Waals surface area (Å²) in [6.07, 6.45) is -1.78. The van der Waals surface area contributed by atoms with Gasteiger partial charge in [-0.1, -0.05) is 11.6 Å². The van der Waals surface area contributed by atoms with Crippen molar-refractivity contribution >= 4 is 29.1 Å². The summed E-state index contributed by atoms with van der Waals surface area (Å²) >= 11 is 6.06. The highest BCUT2D eigenvalue weighted by molar-refractivity contribution is 6.32. The Balaban J connectivity index is 1.52. The molecule has 2 fully saturated rings. The van der Waals surface area contributed by atoms with E-state index in [0.29, 0.717) is 19.0 Å². The average Bonchev–Trinajstić information content (AvgIpc) is 2.99. The molecule has 0 spiro atoms. The van der Waals surface area contributed by atoms with Crippen LogP contribution in [0.1, 0.15) is 24.4 Å². The lowest BCUT2D eigenvalue weighted by Gasteiger charge is -2.14. The molecule has 0 saturated heterocycles. The maximum atomic E-state index is 13.3. The van der Waals surface area contributed by atoms with Crippen molar-refractivity contribution in [3.63, 3.8) is 0 Å². The van der Waals surface area contributed by atoms with E-state index in [1.165, 1.54) is 17.9 Å². The molecular weight excluding hydrogens is 395 g/mol. The van der Waals surface area contributed by atoms with Crippen LogP contribution in [0.5, 0.6) is 0 Å². The summed E-state index contributed by atoms with van der Waals surface area (Å²) in [6.45, 7) is 0. The van der Waals surface area contributed by atoms with E-state index in [4.69, 9.17) is 11.6 Å². The molecule has 0 aromatic carbocycles. The molecule has 27 heavy (non-hydrogen) atoms. The van der Waals surface area contributed by atoms with E-state index in [1.54, 1.807) is 0 Å². The lowest BCUT2D eigenvalue weighted by molar-refractivity contribution is -0.137. The number of nitrogens with one attached hydrogen (secondary N) is 2. The van der Waals surface area contributed by atoms with Crippen LogP contribution in [-0.2, 0) is 6.18 Å². The van der Waals surface area contributed by atoms with Crippen molar-refractivity contribution in [2.75, 3.05) is 17.7 Å². The van der Waals surface area contributed by atoms with Gasteiger partial charge in [0.05, 0.1) is 17.9 Å². The van der Waals surface area contributed by atoms with Gasteiger partial charge in [-0.15, -0.1) is 0 Å². The third-order valence-corrected chi connectivity index (χ3v) is 5.33. The van der Waals surface area contributed by atoms with Crippen LogP contribution >= 0.6 is 11.6 Å². The SMILES string of the molecule is CNc1nc(Nc2cn(C3CC4[C@@H](C3)C4(F)F)nc2Cl)ncc1C(F)(F)F. The van der Waals surface area contributed by atoms with Gasteiger partial charge in [-0.25, -0.2) is 13.8 Å². The van der Waals surface area contributed by atoms with Crippen molar-refractivity contribution in [3.8, 4) is 0 Å². The van der Waals surface area contributed by atoms with E-state index < -0.39 is 29.5 Å². The molecule has 0 aliphatic heterocycles. The minimum atomic E-state index is -4.59. The molecule has 2 aliphatic rings. The topological polar surface area (TPSA) is 67.7 Å². The van der Waals surface area contributed by atoms with Crippen LogP contribution in [0.3, 0.4) is 0 Å². The largest absolute Gasteiger partial charge is 0.421 e. The van der Waals surface area contributed by atoms with Gasteiger partial charge in [-0.2, -0.15) is 23.3 Å². The molecule has 2 aromatic rings. The molecule has 4 rings (SSSR count). The first-order valence-electron chi connectivity index (χ1n) is 8.12. The summed E-state index contributed by atoms with van der Waals surface area (Å²) in [7, 11) is 1.31. The molecule has 2 N–H and O–H groups in total. The van der Waals surface area contributed by atoms with E-state index >= 15 is 0 Å². The molecule has 2 heterocycles. The molecule has 3 atom stereocenters. The van der Waals surface area contributed by atoms with Gasteiger partial charge in [0.15, 0.2) is 5.15 Å². The number of halogens is 6. The Bertz CT molecular complexity index is 868. The molecule has 0 bridgehead atoms. The summed E-state index contributed by atoms with van der Waals surface area (Å²) < 4.78 is 66.8. The molecule has 0 radical (unpaired) electrons. The first kappa shape index (κ1) is 18.2. The zero-order valence-electron chi connectivity index (χ0n) is 13.9. The van der Waals surface area contributed by atoms with Crippen molar-refractivity contribution in [1.82, 2.24) is 19.7 Å². The zero-order valence-corrected chi connectivity index (χ0v) is 14.6. The van der Waals surface area contributed by atoms with Crippen LogP contribution in [0.4, 0.5) is 39.4 Å². The van der Waals surface area contributed by atoms with Gasteiger partial charge in [0, 0.05) is 25.1 Å². The summed E-state index contributed by atoms with van der Waals surface area (Å²) in [6, 6.07) is -0.186. The number of aromatic nitrogens is 4. The Kier molecular flexibility index (Phi) is 3.99. The second-order valence-corrected chi connectivity index (χ2v) is 7.01. The Hall–Kier alpha value is -2.17. The second-order valence-electron chi connectivity index (χ2n) is 6.65. The van der Waals surface area contributed by atoms with Crippen molar-refractivity contribution < 1.29 is 22.0 Å². The van der Waals surface area contributed by atoms with Crippen molar-refractivity contribution in [1.29, 1.82) is 0 Å². The first-order chi connectivity index (χ1) is 12.6. The van der Waals surface area contributed by atoms with E-state index in [9.17, 15) is 22.0 Å². The lowest BCUT2D eigenvalue weighted by Crippen LogP contribution is -2.13. The monoisotopic (exact) mass is 408 g/mol. The molecule has 6 nitrogen and oxygen atoms in total. The van der Waals surface area contributed by atoms with Gasteiger partial charge in [0.1, 0.15) is 11.4 Å². The van der Waals surface area contributed by atoms with E-state index in [2.05, 4.69) is 25.7 Å². The maximum absolute atomic E-state index is 13.3. The molecule has 2 aromatic heterocycles. The summed E-state index contributed by atoms with van der Waals surface area (Å²) in [4.78, 5) is 7.45. The van der Waals surface area contributed by atoms with Crippen LogP contribution in [0.15, 0.2) is 12.4 Å². The Labute approximate surface area is 155 Å². The Morgan fingerprint density at radius 2 is 1.93 bits per heavy atom. The zero-order chi connectivity index (χ0) is 19.6. The van der Waals surface area contributed by atoms with Gasteiger partial charge < -0.3 is 10.6 Å². The highest BCUT2D eigenvalue weighted by atomic mass is 35.5.